The molecule has 0 aliphatic carbocycles. The topological polar surface area (TPSA) is 78.9 Å². The molecule has 0 aliphatic rings. The Balaban J connectivity index is 3.93. The summed E-state index contributed by atoms with van der Waals surface area (Å²) in [5, 5.41) is 0. The molecule has 1 atom stereocenters. The lowest BCUT2D eigenvalue weighted by Crippen LogP contribution is -2.30. The average molecular weight is 1020 g/mol. The summed E-state index contributed by atoms with van der Waals surface area (Å²) in [7, 11) is 0. The number of allylic oxidation sites excluding steroid dienone is 12. The third kappa shape index (κ3) is 59.6. The van der Waals surface area contributed by atoms with Crippen LogP contribution >= 0.6 is 0 Å². The van der Waals surface area contributed by atoms with Crippen molar-refractivity contribution in [2.75, 3.05) is 13.2 Å². The lowest BCUT2D eigenvalue weighted by Gasteiger charge is -2.18. The van der Waals surface area contributed by atoms with Gasteiger partial charge in [0.05, 0.1) is 0 Å². The average Bonchev–Trinajstić information content (AvgIpc) is 3.39. The minimum atomic E-state index is -0.778. The first-order valence-electron chi connectivity index (χ1n) is 31.4. The van der Waals surface area contributed by atoms with Gasteiger partial charge in [0.2, 0.25) is 0 Å². The third-order valence-electron chi connectivity index (χ3n) is 13.6. The van der Waals surface area contributed by atoms with Gasteiger partial charge >= 0.3 is 17.9 Å². The molecule has 0 aromatic rings. The molecule has 0 aliphatic heterocycles. The van der Waals surface area contributed by atoms with Crippen molar-refractivity contribution in [3.63, 3.8) is 0 Å². The number of carbonyl (C=O) groups excluding carboxylic acids is 3. The summed E-state index contributed by atoms with van der Waals surface area (Å²) in [6.07, 6.45) is 79.6. The molecule has 422 valence electrons. The highest BCUT2D eigenvalue weighted by atomic mass is 16.6. The van der Waals surface area contributed by atoms with Crippen LogP contribution < -0.4 is 0 Å². The lowest BCUT2D eigenvalue weighted by atomic mass is 10.0. The van der Waals surface area contributed by atoms with E-state index in [9.17, 15) is 14.4 Å². The van der Waals surface area contributed by atoms with E-state index in [2.05, 4.69) is 93.7 Å². The fourth-order valence-electron chi connectivity index (χ4n) is 8.97. The van der Waals surface area contributed by atoms with E-state index in [0.29, 0.717) is 19.3 Å². The summed E-state index contributed by atoms with van der Waals surface area (Å²) >= 11 is 0. The number of unbranched alkanes of at least 4 members (excludes halogenated alkanes) is 34. The lowest BCUT2D eigenvalue weighted by molar-refractivity contribution is -0.167. The second-order valence-corrected chi connectivity index (χ2v) is 20.9. The monoisotopic (exact) mass is 1020 g/mol. The zero-order chi connectivity index (χ0) is 52.9. The molecule has 0 aromatic carbocycles. The zero-order valence-electron chi connectivity index (χ0n) is 48.4. The minimum absolute atomic E-state index is 0.0774. The van der Waals surface area contributed by atoms with Gasteiger partial charge in [-0.05, 0) is 96.3 Å². The van der Waals surface area contributed by atoms with E-state index in [-0.39, 0.29) is 31.1 Å². The van der Waals surface area contributed by atoms with Crippen LogP contribution in [0.2, 0.25) is 0 Å². The van der Waals surface area contributed by atoms with Crippen LogP contribution in [0.3, 0.4) is 0 Å². The molecule has 0 rings (SSSR count). The van der Waals surface area contributed by atoms with Crippen LogP contribution in [-0.4, -0.2) is 37.2 Å². The first-order chi connectivity index (χ1) is 36.0. The van der Waals surface area contributed by atoms with Gasteiger partial charge in [0.15, 0.2) is 6.10 Å². The maximum atomic E-state index is 12.8. The Labute approximate surface area is 453 Å². The predicted octanol–water partition coefficient (Wildman–Crippen LogP) is 21.3. The van der Waals surface area contributed by atoms with Crippen molar-refractivity contribution in [1.29, 1.82) is 0 Å². The van der Waals surface area contributed by atoms with E-state index in [0.717, 1.165) is 116 Å². The number of carbonyl (C=O) groups is 3. The normalized spacial score (nSPS) is 12.5. The van der Waals surface area contributed by atoms with Crippen LogP contribution in [0.4, 0.5) is 0 Å². The van der Waals surface area contributed by atoms with Gasteiger partial charge in [-0.1, -0.05) is 273 Å². The molecule has 6 nitrogen and oxygen atoms in total. The summed E-state index contributed by atoms with van der Waals surface area (Å²) in [6, 6.07) is 0. The number of hydrogen-bond donors (Lipinski definition) is 0. The van der Waals surface area contributed by atoms with Crippen molar-refractivity contribution < 1.29 is 28.6 Å². The van der Waals surface area contributed by atoms with Crippen LogP contribution in [0.25, 0.3) is 0 Å². The Bertz CT molecular complexity index is 1360. The Hall–Kier alpha value is -3.15. The molecule has 0 bridgehead atoms. The standard InChI is InChI=1S/C67H118O6/c1-4-7-10-13-16-19-22-23-24-25-26-27-28-29-30-31-32-33-34-35-36-37-38-39-40-41-42-43-44-45-46-49-51-54-57-60-66(69)72-63-64(73-67(70)61-58-55-52-48-21-18-15-12-9-6-3)62-71-65(68)59-56-53-50-47-20-17-14-11-8-5-2/h7,10-12,14-16,19,23-24,26-27,64H,4-6,8-9,13,17-18,20-22,25,28-63H2,1-3H3/b10-7-,14-11-,15-12-,19-16-,24-23-,27-26-. The highest BCUT2D eigenvalue weighted by Gasteiger charge is 2.19. The summed E-state index contributed by atoms with van der Waals surface area (Å²) < 4.78 is 16.8. The number of rotatable bonds is 57. The van der Waals surface area contributed by atoms with Crippen molar-refractivity contribution in [3.8, 4) is 0 Å². The number of hydrogen-bond acceptors (Lipinski definition) is 6. The molecule has 0 radical (unpaired) electrons. The van der Waals surface area contributed by atoms with Gasteiger partial charge in [-0.25, -0.2) is 0 Å². The van der Waals surface area contributed by atoms with E-state index in [1.54, 1.807) is 0 Å². The Kier molecular flexibility index (Phi) is 58.7. The quantitative estimate of drug-likeness (QED) is 0.0261. The van der Waals surface area contributed by atoms with Gasteiger partial charge in [-0.2, -0.15) is 0 Å². The maximum absolute atomic E-state index is 12.8. The van der Waals surface area contributed by atoms with Gasteiger partial charge in [0, 0.05) is 19.3 Å². The molecule has 0 saturated heterocycles. The molecule has 6 heteroatoms. The first kappa shape index (κ1) is 69.8. The number of ether oxygens (including phenoxy) is 3. The SMILES string of the molecule is CC/C=C\C/C=C\C/C=C\C/C=C\CCCCCCCCCCCCCCCCCCCCCCCCC(=O)OCC(COC(=O)CCCCCCC/C=C\CCC)OC(=O)CCCCCCC/C=C\CCC. The van der Waals surface area contributed by atoms with Gasteiger partial charge in [0.1, 0.15) is 13.2 Å². The second kappa shape index (κ2) is 61.4. The Morgan fingerprint density at radius 3 is 0.849 bits per heavy atom. The van der Waals surface area contributed by atoms with Gasteiger partial charge in [-0.15, -0.1) is 0 Å². The fraction of sp³-hybridized carbons (Fsp3) is 0.776. The van der Waals surface area contributed by atoms with E-state index in [1.807, 2.05) is 0 Å². The molecule has 0 spiro atoms. The Morgan fingerprint density at radius 2 is 0.534 bits per heavy atom. The second-order valence-electron chi connectivity index (χ2n) is 20.9. The molecule has 0 heterocycles. The van der Waals surface area contributed by atoms with Crippen LogP contribution in [0, 0.1) is 0 Å². The molecule has 1 unspecified atom stereocenters. The predicted molar refractivity (Wildman–Crippen MR) is 316 cm³/mol. The molecule has 0 fully saturated rings. The summed E-state index contributed by atoms with van der Waals surface area (Å²) in [4.78, 5) is 38.0. The molecule has 0 aromatic heterocycles. The fourth-order valence-corrected chi connectivity index (χ4v) is 8.97. The van der Waals surface area contributed by atoms with Crippen LogP contribution in [0.5, 0.6) is 0 Å². The van der Waals surface area contributed by atoms with Crippen molar-refractivity contribution in [1.82, 2.24) is 0 Å². The summed E-state index contributed by atoms with van der Waals surface area (Å²) in [6.45, 7) is 6.41. The van der Waals surface area contributed by atoms with Crippen molar-refractivity contribution >= 4 is 17.9 Å². The first-order valence-corrected chi connectivity index (χ1v) is 31.4. The van der Waals surface area contributed by atoms with Crippen LogP contribution in [0.1, 0.15) is 316 Å². The van der Waals surface area contributed by atoms with E-state index < -0.39 is 6.10 Å². The van der Waals surface area contributed by atoms with Crippen LogP contribution in [0.15, 0.2) is 72.9 Å². The van der Waals surface area contributed by atoms with Crippen LogP contribution in [-0.2, 0) is 28.6 Å². The maximum Gasteiger partial charge on any atom is 0.306 e. The van der Waals surface area contributed by atoms with E-state index >= 15 is 0 Å². The zero-order valence-corrected chi connectivity index (χ0v) is 48.4. The largest absolute Gasteiger partial charge is 0.462 e. The molecule has 0 N–H and O–H groups in total. The van der Waals surface area contributed by atoms with E-state index in [4.69, 9.17) is 14.2 Å². The minimum Gasteiger partial charge on any atom is -0.462 e. The molecular weight excluding hydrogens is 901 g/mol. The summed E-state index contributed by atoms with van der Waals surface area (Å²) in [5.41, 5.74) is 0. The van der Waals surface area contributed by atoms with Gasteiger partial charge < -0.3 is 14.2 Å². The van der Waals surface area contributed by atoms with Crippen molar-refractivity contribution in [2.24, 2.45) is 0 Å². The highest BCUT2D eigenvalue weighted by molar-refractivity contribution is 5.71. The third-order valence-corrected chi connectivity index (χ3v) is 13.6. The van der Waals surface area contributed by atoms with Crippen molar-refractivity contribution in [2.45, 2.75) is 322 Å². The Morgan fingerprint density at radius 1 is 0.288 bits per heavy atom. The molecule has 73 heavy (non-hydrogen) atoms. The molecular formula is C67H118O6. The molecule has 0 saturated carbocycles. The molecule has 0 amide bonds. The van der Waals surface area contributed by atoms with Gasteiger partial charge in [0.25, 0.3) is 0 Å². The van der Waals surface area contributed by atoms with Crippen molar-refractivity contribution in [3.05, 3.63) is 72.9 Å². The van der Waals surface area contributed by atoms with E-state index in [1.165, 1.54) is 161 Å². The smallest absolute Gasteiger partial charge is 0.306 e. The summed E-state index contributed by atoms with van der Waals surface area (Å²) in [5.74, 6) is -0.889. The number of esters is 3. The van der Waals surface area contributed by atoms with Gasteiger partial charge in [-0.3, -0.25) is 14.4 Å². The highest BCUT2D eigenvalue weighted by Crippen LogP contribution is 2.17.